The lowest BCUT2D eigenvalue weighted by molar-refractivity contribution is 0.129. The fourth-order valence-corrected chi connectivity index (χ4v) is 1.13. The number of benzene rings is 1. The van der Waals surface area contributed by atoms with Gasteiger partial charge in [0.2, 0.25) is 0 Å². The van der Waals surface area contributed by atoms with Crippen molar-refractivity contribution in [1.29, 1.82) is 0 Å². The summed E-state index contributed by atoms with van der Waals surface area (Å²) >= 11 is 0. The van der Waals surface area contributed by atoms with Crippen LogP contribution in [0.5, 0.6) is 0 Å². The maximum absolute atomic E-state index is 5.41. The maximum atomic E-state index is 5.41. The molecule has 1 radical (unpaired) electrons. The Labute approximate surface area is 73.3 Å². The molecule has 0 heterocycles. The molecular weight excluding hydrogens is 150 g/mol. The molecule has 0 amide bonds. The minimum absolute atomic E-state index is 0.0243. The topological polar surface area (TPSA) is 35.2 Å². The molecule has 65 valence electrons. The molecule has 0 aliphatic heterocycles. The first-order chi connectivity index (χ1) is 5.88. The van der Waals surface area contributed by atoms with E-state index in [9.17, 15) is 0 Å². The van der Waals surface area contributed by atoms with Crippen molar-refractivity contribution in [3.8, 4) is 0 Å². The fourth-order valence-electron chi connectivity index (χ4n) is 1.13. The molecule has 2 N–H and O–H groups in total. The molecule has 0 unspecified atom stereocenters. The van der Waals surface area contributed by atoms with Crippen LogP contribution in [0.2, 0.25) is 0 Å². The van der Waals surface area contributed by atoms with Crippen LogP contribution in [0.15, 0.2) is 30.3 Å². The first-order valence-corrected chi connectivity index (χ1v) is 3.99. The molecule has 1 atom stereocenters. The smallest absolute Gasteiger partial charge is 0.0865 e. The molecule has 0 aliphatic carbocycles. The molecule has 1 rings (SSSR count). The van der Waals surface area contributed by atoms with Crippen molar-refractivity contribution in [2.24, 2.45) is 5.73 Å². The number of nitrogens with two attached hydrogens (primary N) is 1. The molecule has 12 heavy (non-hydrogen) atoms. The molecule has 0 fully saturated rings. The lowest BCUT2D eigenvalue weighted by Crippen LogP contribution is -2.09. The van der Waals surface area contributed by atoms with E-state index in [1.807, 2.05) is 36.8 Å². The van der Waals surface area contributed by atoms with Gasteiger partial charge in [0.05, 0.1) is 6.10 Å². The van der Waals surface area contributed by atoms with Crippen LogP contribution >= 0.6 is 0 Å². The van der Waals surface area contributed by atoms with Crippen molar-refractivity contribution in [2.75, 3.05) is 13.7 Å². The van der Waals surface area contributed by atoms with Crippen LogP contribution in [0.1, 0.15) is 11.7 Å². The van der Waals surface area contributed by atoms with E-state index in [1.54, 1.807) is 7.11 Å². The lowest BCUT2D eigenvalue weighted by atomic mass is 10.1. The largest absolute Gasteiger partial charge is 0.376 e. The highest BCUT2D eigenvalue weighted by atomic mass is 16.5. The highest BCUT2D eigenvalue weighted by Crippen LogP contribution is 2.17. The average Bonchev–Trinajstić information content (AvgIpc) is 2.15. The van der Waals surface area contributed by atoms with Gasteiger partial charge in [-0.05, 0) is 12.1 Å². The monoisotopic (exact) mass is 164 g/mol. The van der Waals surface area contributed by atoms with Gasteiger partial charge in [0.25, 0.3) is 0 Å². The Morgan fingerprint density at radius 2 is 2.08 bits per heavy atom. The Bertz CT molecular complexity index is 210. The van der Waals surface area contributed by atoms with Gasteiger partial charge in [-0.25, -0.2) is 0 Å². The molecule has 2 nitrogen and oxygen atoms in total. The zero-order chi connectivity index (χ0) is 8.81. The number of hydrogen-bond donors (Lipinski definition) is 1. The minimum atomic E-state index is 0.0243. The standard InChI is InChI=1S/C10H14NO/c1-12-10(7-8-11)9-5-3-2-4-6-9/h2-7,10H,8,11H2,1H3/t10-/m0/s1. The van der Waals surface area contributed by atoms with Crippen molar-refractivity contribution < 1.29 is 4.74 Å². The van der Waals surface area contributed by atoms with Crippen molar-refractivity contribution >= 4 is 0 Å². The normalized spacial score (nSPS) is 12.8. The van der Waals surface area contributed by atoms with E-state index >= 15 is 0 Å². The molecule has 0 saturated heterocycles. The molecule has 0 spiro atoms. The van der Waals surface area contributed by atoms with Crippen LogP contribution in [0.25, 0.3) is 0 Å². The summed E-state index contributed by atoms with van der Waals surface area (Å²) in [6.45, 7) is 0.535. The zero-order valence-electron chi connectivity index (χ0n) is 7.23. The Morgan fingerprint density at radius 1 is 1.42 bits per heavy atom. The van der Waals surface area contributed by atoms with Crippen LogP contribution in [-0.2, 0) is 4.74 Å². The molecule has 1 aromatic rings. The van der Waals surface area contributed by atoms with Gasteiger partial charge in [-0.2, -0.15) is 0 Å². The molecular formula is C10H14NO. The van der Waals surface area contributed by atoms with E-state index in [0.29, 0.717) is 6.54 Å². The Balaban J connectivity index is 2.66. The second-order valence-electron chi connectivity index (χ2n) is 2.54. The second kappa shape index (κ2) is 4.91. The van der Waals surface area contributed by atoms with E-state index in [4.69, 9.17) is 10.5 Å². The number of ether oxygens (including phenoxy) is 1. The van der Waals surface area contributed by atoms with Gasteiger partial charge in [0.15, 0.2) is 0 Å². The summed E-state index contributed by atoms with van der Waals surface area (Å²) in [5.41, 5.74) is 6.55. The summed E-state index contributed by atoms with van der Waals surface area (Å²) in [5, 5.41) is 0. The predicted molar refractivity (Wildman–Crippen MR) is 49.5 cm³/mol. The molecule has 1 aromatic carbocycles. The molecule has 0 bridgehead atoms. The van der Waals surface area contributed by atoms with E-state index < -0.39 is 0 Å². The third-order valence-electron chi connectivity index (χ3n) is 1.73. The Kier molecular flexibility index (Phi) is 3.77. The molecule has 0 saturated carbocycles. The van der Waals surface area contributed by atoms with Gasteiger partial charge in [0.1, 0.15) is 0 Å². The molecule has 0 aliphatic rings. The Hall–Kier alpha value is -0.860. The maximum Gasteiger partial charge on any atom is 0.0865 e. The third kappa shape index (κ3) is 2.32. The van der Waals surface area contributed by atoms with Crippen LogP contribution in [0.3, 0.4) is 0 Å². The van der Waals surface area contributed by atoms with E-state index in [1.165, 1.54) is 0 Å². The van der Waals surface area contributed by atoms with E-state index in [-0.39, 0.29) is 6.10 Å². The summed E-state index contributed by atoms with van der Waals surface area (Å²) < 4.78 is 5.24. The SMILES string of the molecule is CO[C@@H]([CH]CN)c1ccccc1. The summed E-state index contributed by atoms with van der Waals surface area (Å²) in [6.07, 6.45) is 1.96. The quantitative estimate of drug-likeness (QED) is 0.732. The summed E-state index contributed by atoms with van der Waals surface area (Å²) in [7, 11) is 1.68. The highest BCUT2D eigenvalue weighted by Gasteiger charge is 2.07. The van der Waals surface area contributed by atoms with Crippen LogP contribution in [0.4, 0.5) is 0 Å². The predicted octanol–water partition coefficient (Wildman–Crippen LogP) is 1.54. The summed E-state index contributed by atoms with van der Waals surface area (Å²) in [5.74, 6) is 0. The minimum Gasteiger partial charge on any atom is -0.376 e. The third-order valence-corrected chi connectivity index (χ3v) is 1.73. The molecule has 0 aromatic heterocycles. The first kappa shape index (κ1) is 9.23. The van der Waals surface area contributed by atoms with Crippen molar-refractivity contribution in [3.63, 3.8) is 0 Å². The highest BCUT2D eigenvalue weighted by molar-refractivity contribution is 5.19. The van der Waals surface area contributed by atoms with Crippen LogP contribution in [0, 0.1) is 6.42 Å². The van der Waals surface area contributed by atoms with Gasteiger partial charge in [0, 0.05) is 13.5 Å². The summed E-state index contributed by atoms with van der Waals surface area (Å²) in [6, 6.07) is 10.0. The van der Waals surface area contributed by atoms with E-state index in [0.717, 1.165) is 5.56 Å². The van der Waals surface area contributed by atoms with Crippen molar-refractivity contribution in [2.45, 2.75) is 6.10 Å². The second-order valence-corrected chi connectivity index (χ2v) is 2.54. The van der Waals surface area contributed by atoms with Crippen molar-refractivity contribution in [1.82, 2.24) is 0 Å². The number of rotatable bonds is 4. The number of hydrogen-bond acceptors (Lipinski definition) is 2. The summed E-state index contributed by atoms with van der Waals surface area (Å²) in [4.78, 5) is 0. The lowest BCUT2D eigenvalue weighted by Gasteiger charge is -2.13. The average molecular weight is 164 g/mol. The van der Waals surface area contributed by atoms with Gasteiger partial charge >= 0.3 is 0 Å². The zero-order valence-corrected chi connectivity index (χ0v) is 7.23. The van der Waals surface area contributed by atoms with Gasteiger partial charge < -0.3 is 10.5 Å². The van der Waals surface area contributed by atoms with Crippen LogP contribution in [-0.4, -0.2) is 13.7 Å². The van der Waals surface area contributed by atoms with Gasteiger partial charge in [-0.15, -0.1) is 0 Å². The van der Waals surface area contributed by atoms with Gasteiger partial charge in [-0.3, -0.25) is 0 Å². The Morgan fingerprint density at radius 3 is 2.58 bits per heavy atom. The fraction of sp³-hybridized carbons (Fsp3) is 0.300. The van der Waals surface area contributed by atoms with Gasteiger partial charge in [-0.1, -0.05) is 30.3 Å². The first-order valence-electron chi connectivity index (χ1n) is 3.99. The van der Waals surface area contributed by atoms with Crippen molar-refractivity contribution in [3.05, 3.63) is 42.3 Å². The number of methoxy groups -OCH3 is 1. The molecule has 2 heteroatoms. The van der Waals surface area contributed by atoms with E-state index in [2.05, 4.69) is 0 Å². The van der Waals surface area contributed by atoms with Crippen LogP contribution < -0.4 is 5.73 Å².